The third kappa shape index (κ3) is 3.68. The normalized spacial score (nSPS) is 22.1. The predicted octanol–water partition coefficient (Wildman–Crippen LogP) is -0.237. The zero-order chi connectivity index (χ0) is 16.3. The largest absolute Gasteiger partial charge is 0.497 e. The molecule has 2 fully saturated rings. The number of piperidine rings is 1. The van der Waals surface area contributed by atoms with Crippen LogP contribution in [0.2, 0.25) is 0 Å². The molecule has 6 nitrogen and oxygen atoms in total. The van der Waals surface area contributed by atoms with Crippen LogP contribution in [0, 0.1) is 0 Å². The van der Waals surface area contributed by atoms with E-state index in [2.05, 4.69) is 0 Å². The van der Waals surface area contributed by atoms with Gasteiger partial charge in [-0.2, -0.15) is 4.31 Å². The molecule has 0 aliphatic carbocycles. The minimum Gasteiger partial charge on any atom is -0.497 e. The lowest BCUT2D eigenvalue weighted by molar-refractivity contribution is -0.934. The Labute approximate surface area is 138 Å². The Balaban J connectivity index is 1.63. The van der Waals surface area contributed by atoms with Crippen LogP contribution >= 0.6 is 0 Å². The predicted molar refractivity (Wildman–Crippen MR) is 86.3 cm³/mol. The van der Waals surface area contributed by atoms with Gasteiger partial charge in [-0.3, -0.25) is 0 Å². The maximum Gasteiger partial charge on any atom is 0.243 e. The van der Waals surface area contributed by atoms with E-state index in [4.69, 9.17) is 9.47 Å². The van der Waals surface area contributed by atoms with Gasteiger partial charge in [-0.05, 0) is 24.3 Å². The van der Waals surface area contributed by atoms with Crippen molar-refractivity contribution >= 4 is 10.0 Å². The van der Waals surface area contributed by atoms with E-state index in [0.29, 0.717) is 29.8 Å². The molecular weight excluding hydrogens is 316 g/mol. The second-order valence-corrected chi connectivity index (χ2v) is 8.06. The van der Waals surface area contributed by atoms with Crippen molar-refractivity contribution in [2.24, 2.45) is 0 Å². The Bertz CT molecular complexity index is 603. The van der Waals surface area contributed by atoms with Gasteiger partial charge >= 0.3 is 0 Å². The molecule has 7 heteroatoms. The van der Waals surface area contributed by atoms with E-state index in [-0.39, 0.29) is 0 Å². The van der Waals surface area contributed by atoms with Gasteiger partial charge in [0, 0.05) is 25.9 Å². The fraction of sp³-hybridized carbons (Fsp3) is 0.625. The van der Waals surface area contributed by atoms with Crippen molar-refractivity contribution in [2.45, 2.75) is 23.8 Å². The number of hydrogen-bond donors (Lipinski definition) is 1. The number of methoxy groups -OCH3 is 1. The summed E-state index contributed by atoms with van der Waals surface area (Å²) in [4.78, 5) is 1.91. The van der Waals surface area contributed by atoms with Gasteiger partial charge in [0.05, 0.1) is 31.3 Å². The summed E-state index contributed by atoms with van der Waals surface area (Å²) in [6, 6.07) is 7.18. The van der Waals surface area contributed by atoms with E-state index in [1.54, 1.807) is 40.6 Å². The van der Waals surface area contributed by atoms with Crippen molar-refractivity contribution < 1.29 is 22.8 Å². The van der Waals surface area contributed by atoms with Gasteiger partial charge in [0.1, 0.15) is 18.8 Å². The van der Waals surface area contributed by atoms with Gasteiger partial charge in [-0.25, -0.2) is 8.42 Å². The summed E-state index contributed by atoms with van der Waals surface area (Å²) >= 11 is 0. The highest BCUT2D eigenvalue weighted by Gasteiger charge is 2.34. The highest BCUT2D eigenvalue weighted by Crippen LogP contribution is 2.22. The molecule has 2 aliphatic heterocycles. The molecular formula is C16H25N2O4S+. The number of sulfonamides is 1. The van der Waals surface area contributed by atoms with Crippen LogP contribution in [0.1, 0.15) is 12.8 Å². The van der Waals surface area contributed by atoms with Crippen LogP contribution in [0.3, 0.4) is 0 Å². The van der Waals surface area contributed by atoms with E-state index < -0.39 is 10.0 Å². The molecule has 1 aromatic carbocycles. The molecule has 1 N–H and O–H groups in total. The second-order valence-electron chi connectivity index (χ2n) is 6.12. The van der Waals surface area contributed by atoms with Crippen molar-refractivity contribution in [3.63, 3.8) is 0 Å². The van der Waals surface area contributed by atoms with Gasteiger partial charge in [0.15, 0.2) is 0 Å². The molecule has 23 heavy (non-hydrogen) atoms. The van der Waals surface area contributed by atoms with Crippen molar-refractivity contribution in [3.05, 3.63) is 24.3 Å². The molecule has 0 aromatic heterocycles. The van der Waals surface area contributed by atoms with Gasteiger partial charge in [-0.1, -0.05) is 0 Å². The number of quaternary nitrogens is 1. The Morgan fingerprint density at radius 2 is 1.74 bits per heavy atom. The minimum atomic E-state index is -3.40. The molecule has 0 bridgehead atoms. The van der Waals surface area contributed by atoms with Crippen molar-refractivity contribution in [2.75, 3.05) is 46.5 Å². The molecule has 0 atom stereocenters. The summed E-state index contributed by atoms with van der Waals surface area (Å²) in [6.07, 6.45) is 1.84. The summed E-state index contributed by atoms with van der Waals surface area (Å²) in [6.45, 7) is 4.91. The zero-order valence-corrected chi connectivity index (χ0v) is 14.3. The highest BCUT2D eigenvalue weighted by atomic mass is 32.2. The van der Waals surface area contributed by atoms with E-state index in [0.717, 1.165) is 39.1 Å². The lowest BCUT2D eigenvalue weighted by Gasteiger charge is -2.37. The summed E-state index contributed by atoms with van der Waals surface area (Å²) < 4.78 is 37.6. The SMILES string of the molecule is COc1ccc(S(=O)(=O)N2CCC([NH+]3CCOCC3)CC2)cc1. The van der Waals surface area contributed by atoms with Gasteiger partial charge in [0.2, 0.25) is 10.0 Å². The van der Waals surface area contributed by atoms with Crippen molar-refractivity contribution in [1.29, 1.82) is 0 Å². The Morgan fingerprint density at radius 1 is 1.13 bits per heavy atom. The van der Waals surface area contributed by atoms with Gasteiger partial charge in [0.25, 0.3) is 0 Å². The fourth-order valence-electron chi connectivity index (χ4n) is 3.44. The molecule has 0 saturated carbocycles. The number of hydrogen-bond acceptors (Lipinski definition) is 4. The third-order valence-corrected chi connectivity index (χ3v) is 6.78. The molecule has 2 aliphatic rings. The summed E-state index contributed by atoms with van der Waals surface area (Å²) in [5.41, 5.74) is 0. The number of rotatable bonds is 4. The molecule has 0 spiro atoms. The van der Waals surface area contributed by atoms with Crippen LogP contribution in [0.4, 0.5) is 0 Å². The molecule has 128 valence electrons. The lowest BCUT2D eigenvalue weighted by Crippen LogP contribution is -3.18. The smallest absolute Gasteiger partial charge is 0.243 e. The first-order valence-corrected chi connectivity index (χ1v) is 9.62. The van der Waals surface area contributed by atoms with Crippen LogP contribution in [-0.4, -0.2) is 65.3 Å². The Kier molecular flexibility index (Phi) is 5.21. The zero-order valence-electron chi connectivity index (χ0n) is 13.5. The second kappa shape index (κ2) is 7.17. The quantitative estimate of drug-likeness (QED) is 0.821. The topological polar surface area (TPSA) is 60.3 Å². The molecule has 0 unspecified atom stereocenters. The molecule has 0 amide bonds. The number of nitrogens with one attached hydrogen (secondary N) is 1. The maximum atomic E-state index is 12.7. The third-order valence-electron chi connectivity index (χ3n) is 4.86. The standard InChI is InChI=1S/C16H24N2O4S/c1-21-15-2-4-16(5-3-15)23(19,20)18-8-6-14(7-9-18)17-10-12-22-13-11-17/h2-5,14H,6-13H2,1H3/p+1. The van der Waals surface area contributed by atoms with Crippen molar-refractivity contribution in [3.8, 4) is 5.75 Å². The lowest BCUT2D eigenvalue weighted by atomic mass is 10.0. The first-order valence-electron chi connectivity index (χ1n) is 8.18. The van der Waals surface area contributed by atoms with Gasteiger partial charge < -0.3 is 14.4 Å². The molecule has 2 heterocycles. The van der Waals surface area contributed by atoms with Crippen LogP contribution in [-0.2, 0) is 14.8 Å². The number of nitrogens with zero attached hydrogens (tertiary/aromatic N) is 1. The first kappa shape index (κ1) is 16.7. The number of morpholine rings is 1. The molecule has 3 rings (SSSR count). The fourth-order valence-corrected chi connectivity index (χ4v) is 4.91. The molecule has 0 radical (unpaired) electrons. The van der Waals surface area contributed by atoms with E-state index in [1.165, 1.54) is 0 Å². The minimum absolute atomic E-state index is 0.343. The summed E-state index contributed by atoms with van der Waals surface area (Å²) in [7, 11) is -1.83. The Hall–Kier alpha value is -1.15. The molecule has 2 saturated heterocycles. The monoisotopic (exact) mass is 341 g/mol. The number of ether oxygens (including phenoxy) is 2. The van der Waals surface area contributed by atoms with Crippen LogP contribution in [0.25, 0.3) is 0 Å². The maximum absolute atomic E-state index is 12.7. The van der Waals surface area contributed by atoms with Gasteiger partial charge in [-0.15, -0.1) is 0 Å². The molecule has 1 aromatic rings. The van der Waals surface area contributed by atoms with E-state index in [1.807, 2.05) is 0 Å². The average Bonchev–Trinajstić information content (AvgIpc) is 2.62. The van der Waals surface area contributed by atoms with Crippen LogP contribution in [0.15, 0.2) is 29.2 Å². The average molecular weight is 341 g/mol. The number of benzene rings is 1. The highest BCUT2D eigenvalue weighted by molar-refractivity contribution is 7.89. The first-order chi connectivity index (χ1) is 11.1. The van der Waals surface area contributed by atoms with Crippen LogP contribution < -0.4 is 9.64 Å². The van der Waals surface area contributed by atoms with E-state index >= 15 is 0 Å². The Morgan fingerprint density at radius 3 is 2.30 bits per heavy atom. The van der Waals surface area contributed by atoms with Crippen molar-refractivity contribution in [1.82, 2.24) is 4.31 Å². The van der Waals surface area contributed by atoms with E-state index in [9.17, 15) is 8.42 Å². The summed E-state index contributed by atoms with van der Waals surface area (Å²) in [5, 5.41) is 0. The van der Waals surface area contributed by atoms with Crippen LogP contribution in [0.5, 0.6) is 5.75 Å². The summed E-state index contributed by atoms with van der Waals surface area (Å²) in [5.74, 6) is 0.665.